The molecule has 1 aromatic carbocycles. The number of unbranched alkanes of at least 4 members (excludes halogenated alkanes) is 3. The zero-order valence-corrected chi connectivity index (χ0v) is 20.5. The summed E-state index contributed by atoms with van der Waals surface area (Å²) in [4.78, 5) is 0. The second kappa shape index (κ2) is 14.5. The first-order valence-corrected chi connectivity index (χ1v) is 18.2. The molecule has 0 fully saturated rings. The molecule has 0 bridgehead atoms. The second-order valence-electron chi connectivity index (χ2n) is 7.48. The molecule has 0 spiro atoms. The Morgan fingerprint density at radius 3 is 1.92 bits per heavy atom. The minimum atomic E-state index is -2.40. The topological polar surface area (TPSA) is 9.23 Å². The van der Waals surface area contributed by atoms with E-state index in [4.69, 9.17) is 4.74 Å². The summed E-state index contributed by atoms with van der Waals surface area (Å²) in [5.41, 5.74) is 4.96. The molecular formula is C24H40OSn. The van der Waals surface area contributed by atoms with Crippen molar-refractivity contribution in [2.24, 2.45) is 0 Å². The SMILES string of the molecule is CC=C=[C](COCc1ccccc1)[Sn]([CH2]CCC)([CH2]CCC)[CH2]CCC. The molecule has 0 aromatic heterocycles. The van der Waals surface area contributed by atoms with E-state index in [0.29, 0.717) is 6.61 Å². The van der Waals surface area contributed by atoms with Gasteiger partial charge in [-0.25, -0.2) is 0 Å². The number of hydrogen-bond acceptors (Lipinski definition) is 1. The Morgan fingerprint density at radius 2 is 1.46 bits per heavy atom. The Morgan fingerprint density at radius 1 is 0.923 bits per heavy atom. The molecule has 0 atom stereocenters. The Kier molecular flexibility index (Phi) is 13.2. The predicted octanol–water partition coefficient (Wildman–Crippen LogP) is 7.69. The fraction of sp³-hybridized carbons (Fsp3) is 0.625. The van der Waals surface area contributed by atoms with Crippen LogP contribution in [0.4, 0.5) is 0 Å². The van der Waals surface area contributed by atoms with E-state index in [-0.39, 0.29) is 0 Å². The first-order valence-electron chi connectivity index (χ1n) is 10.7. The van der Waals surface area contributed by atoms with E-state index in [1.54, 1.807) is 3.59 Å². The third-order valence-electron chi connectivity index (χ3n) is 5.34. The van der Waals surface area contributed by atoms with Crippen molar-refractivity contribution in [1.82, 2.24) is 0 Å². The molecule has 0 unspecified atom stereocenters. The van der Waals surface area contributed by atoms with Crippen molar-refractivity contribution in [3.63, 3.8) is 0 Å². The van der Waals surface area contributed by atoms with Gasteiger partial charge in [-0.1, -0.05) is 0 Å². The molecule has 2 heteroatoms. The summed E-state index contributed by atoms with van der Waals surface area (Å²) in [6, 6.07) is 10.6. The third-order valence-corrected chi connectivity index (χ3v) is 21.0. The van der Waals surface area contributed by atoms with Gasteiger partial charge in [0.25, 0.3) is 0 Å². The average Bonchev–Trinajstić information content (AvgIpc) is 2.68. The van der Waals surface area contributed by atoms with Gasteiger partial charge in [0.05, 0.1) is 0 Å². The van der Waals surface area contributed by atoms with E-state index in [1.807, 2.05) is 0 Å². The van der Waals surface area contributed by atoms with E-state index >= 15 is 0 Å². The molecule has 1 nitrogen and oxygen atoms in total. The van der Waals surface area contributed by atoms with Gasteiger partial charge in [-0.3, -0.25) is 0 Å². The van der Waals surface area contributed by atoms with Crippen LogP contribution >= 0.6 is 0 Å². The van der Waals surface area contributed by atoms with Gasteiger partial charge in [-0.05, 0) is 0 Å². The summed E-state index contributed by atoms with van der Waals surface area (Å²) in [5.74, 6) is 0. The fourth-order valence-corrected chi connectivity index (χ4v) is 19.7. The van der Waals surface area contributed by atoms with Gasteiger partial charge in [0, 0.05) is 0 Å². The van der Waals surface area contributed by atoms with Crippen LogP contribution in [0.5, 0.6) is 0 Å². The third kappa shape index (κ3) is 8.46. The maximum absolute atomic E-state index is 6.21. The van der Waals surface area contributed by atoms with Crippen molar-refractivity contribution in [2.75, 3.05) is 6.61 Å². The molecule has 0 saturated carbocycles. The summed E-state index contributed by atoms with van der Waals surface area (Å²) in [5, 5.41) is 0. The summed E-state index contributed by atoms with van der Waals surface area (Å²) in [6.45, 7) is 10.6. The van der Waals surface area contributed by atoms with Gasteiger partial charge >= 0.3 is 167 Å². The van der Waals surface area contributed by atoms with Crippen molar-refractivity contribution >= 4 is 18.4 Å². The first-order chi connectivity index (χ1) is 12.7. The van der Waals surface area contributed by atoms with E-state index < -0.39 is 18.4 Å². The van der Waals surface area contributed by atoms with Gasteiger partial charge in [0.15, 0.2) is 0 Å². The van der Waals surface area contributed by atoms with Gasteiger partial charge in [-0.15, -0.1) is 0 Å². The molecule has 0 radical (unpaired) electrons. The van der Waals surface area contributed by atoms with Gasteiger partial charge in [-0.2, -0.15) is 0 Å². The molecule has 0 heterocycles. The summed E-state index contributed by atoms with van der Waals surface area (Å²) in [6.07, 6.45) is 10.2. The molecule has 0 aliphatic carbocycles. The number of rotatable bonds is 14. The molecular weight excluding hydrogens is 423 g/mol. The minimum absolute atomic E-state index is 0.715. The monoisotopic (exact) mass is 464 g/mol. The Bertz CT molecular complexity index is 507. The van der Waals surface area contributed by atoms with Crippen LogP contribution < -0.4 is 0 Å². The molecule has 1 aromatic rings. The summed E-state index contributed by atoms with van der Waals surface area (Å²) >= 11 is -2.40. The Balaban J connectivity index is 2.94. The fourth-order valence-electron chi connectivity index (χ4n) is 3.74. The zero-order valence-electron chi connectivity index (χ0n) is 17.7. The average molecular weight is 463 g/mol. The van der Waals surface area contributed by atoms with Crippen molar-refractivity contribution in [3.05, 3.63) is 51.3 Å². The predicted molar refractivity (Wildman–Crippen MR) is 118 cm³/mol. The van der Waals surface area contributed by atoms with Crippen molar-refractivity contribution in [2.45, 2.75) is 86.1 Å². The number of ether oxygens (including phenoxy) is 1. The van der Waals surface area contributed by atoms with E-state index in [0.717, 1.165) is 6.61 Å². The standard InChI is InChI=1S/C12H13O.3C4H9.Sn/c1-2-3-7-10-13-11-12-8-5-4-6-9-12;3*1-3-4-2;/h2,4-6,8-9H,10-11H2,1H3;3*1,3-4H2,2H3;. The second-order valence-corrected chi connectivity index (χ2v) is 20.8. The summed E-state index contributed by atoms with van der Waals surface area (Å²) < 4.78 is 12.3. The molecule has 0 saturated heterocycles. The van der Waals surface area contributed by atoms with Gasteiger partial charge in [0.1, 0.15) is 0 Å². The van der Waals surface area contributed by atoms with Crippen LogP contribution in [0.2, 0.25) is 13.3 Å². The van der Waals surface area contributed by atoms with Crippen molar-refractivity contribution in [3.8, 4) is 0 Å². The molecule has 0 aliphatic rings. The van der Waals surface area contributed by atoms with Crippen LogP contribution in [-0.4, -0.2) is 25.0 Å². The van der Waals surface area contributed by atoms with E-state index in [1.165, 1.54) is 57.4 Å². The van der Waals surface area contributed by atoms with E-state index in [2.05, 4.69) is 69.8 Å². The quantitative estimate of drug-likeness (QED) is 0.203. The van der Waals surface area contributed by atoms with E-state index in [9.17, 15) is 0 Å². The Labute approximate surface area is 166 Å². The first kappa shape index (κ1) is 23.5. The molecule has 146 valence electrons. The number of benzene rings is 1. The maximum atomic E-state index is 6.21. The Hall–Kier alpha value is -0.501. The van der Waals surface area contributed by atoms with Gasteiger partial charge < -0.3 is 0 Å². The summed E-state index contributed by atoms with van der Waals surface area (Å²) in [7, 11) is 0. The van der Waals surface area contributed by atoms with Crippen LogP contribution in [0.15, 0.2) is 45.7 Å². The molecule has 0 N–H and O–H groups in total. The van der Waals surface area contributed by atoms with Crippen LogP contribution in [0.1, 0.15) is 71.8 Å². The van der Waals surface area contributed by atoms with Crippen LogP contribution in [0.25, 0.3) is 0 Å². The molecule has 26 heavy (non-hydrogen) atoms. The normalized spacial score (nSPS) is 11.2. The van der Waals surface area contributed by atoms with Crippen molar-refractivity contribution in [1.29, 1.82) is 0 Å². The number of hydrogen-bond donors (Lipinski definition) is 0. The van der Waals surface area contributed by atoms with Crippen molar-refractivity contribution < 1.29 is 4.74 Å². The zero-order chi connectivity index (χ0) is 19.1. The molecule has 0 aliphatic heterocycles. The molecule has 0 amide bonds. The van der Waals surface area contributed by atoms with Crippen LogP contribution in [0, 0.1) is 0 Å². The van der Waals surface area contributed by atoms with Crippen LogP contribution in [-0.2, 0) is 11.3 Å². The molecule has 1 rings (SSSR count). The van der Waals surface area contributed by atoms with Gasteiger partial charge in [0.2, 0.25) is 0 Å². The van der Waals surface area contributed by atoms with Crippen LogP contribution in [0.3, 0.4) is 0 Å².